The standard InChI is InChI=1S/C19H19FN2/c1-21(2)11-10-16-15-8-5-9-17(20)19(15)22-12-13-6-3-4-7-14(13)18(16)22/h3-9H,10-12H2,1-2H3. The van der Waals surface area contributed by atoms with Crippen molar-refractivity contribution in [2.45, 2.75) is 13.0 Å². The minimum absolute atomic E-state index is 0.123. The first-order valence-electron chi connectivity index (χ1n) is 7.69. The number of benzene rings is 2. The van der Waals surface area contributed by atoms with Crippen LogP contribution < -0.4 is 0 Å². The van der Waals surface area contributed by atoms with Crippen LogP contribution in [0, 0.1) is 5.82 Å². The van der Waals surface area contributed by atoms with Crippen LogP contribution in [-0.2, 0) is 13.0 Å². The van der Waals surface area contributed by atoms with E-state index in [2.05, 4.69) is 53.9 Å². The van der Waals surface area contributed by atoms with Gasteiger partial charge in [0.2, 0.25) is 0 Å². The Kier molecular flexibility index (Phi) is 3.05. The van der Waals surface area contributed by atoms with E-state index in [0.717, 1.165) is 30.4 Å². The summed E-state index contributed by atoms with van der Waals surface area (Å²) in [6.45, 7) is 1.73. The molecule has 4 rings (SSSR count). The number of para-hydroxylation sites is 1. The van der Waals surface area contributed by atoms with Crippen LogP contribution in [0.5, 0.6) is 0 Å². The van der Waals surface area contributed by atoms with Gasteiger partial charge in [0.25, 0.3) is 0 Å². The number of hydrogen-bond donors (Lipinski definition) is 0. The predicted molar refractivity (Wildman–Crippen MR) is 88.7 cm³/mol. The number of likely N-dealkylation sites (N-methyl/N-ethyl adjacent to an activating group) is 1. The van der Waals surface area contributed by atoms with Crippen molar-refractivity contribution in [1.82, 2.24) is 9.47 Å². The fourth-order valence-electron chi connectivity index (χ4n) is 3.55. The van der Waals surface area contributed by atoms with Gasteiger partial charge in [0, 0.05) is 24.0 Å². The van der Waals surface area contributed by atoms with Gasteiger partial charge in [-0.2, -0.15) is 0 Å². The fourth-order valence-corrected chi connectivity index (χ4v) is 3.55. The number of fused-ring (bicyclic) bond motifs is 5. The molecule has 1 aromatic heterocycles. The predicted octanol–water partition coefficient (Wildman–Crippen LogP) is 3.91. The second kappa shape index (κ2) is 4.96. The second-order valence-corrected chi connectivity index (χ2v) is 6.26. The number of aromatic nitrogens is 1. The van der Waals surface area contributed by atoms with Gasteiger partial charge in [-0.25, -0.2) is 4.39 Å². The Bertz CT molecular complexity index is 861. The highest BCUT2D eigenvalue weighted by atomic mass is 19.1. The van der Waals surface area contributed by atoms with Crippen LogP contribution in [0.25, 0.3) is 22.2 Å². The summed E-state index contributed by atoms with van der Waals surface area (Å²) in [5.41, 5.74) is 5.77. The third kappa shape index (κ3) is 1.89. The van der Waals surface area contributed by atoms with Crippen molar-refractivity contribution < 1.29 is 4.39 Å². The molecule has 0 saturated heterocycles. The number of nitrogens with zero attached hydrogens (tertiary/aromatic N) is 2. The smallest absolute Gasteiger partial charge is 0.147 e. The molecule has 0 radical (unpaired) electrons. The van der Waals surface area contributed by atoms with Crippen molar-refractivity contribution in [2.24, 2.45) is 0 Å². The monoisotopic (exact) mass is 294 g/mol. The molecule has 3 heteroatoms. The molecule has 0 bridgehead atoms. The largest absolute Gasteiger partial charge is 0.333 e. The maximum Gasteiger partial charge on any atom is 0.147 e. The minimum Gasteiger partial charge on any atom is -0.333 e. The second-order valence-electron chi connectivity index (χ2n) is 6.26. The zero-order valence-corrected chi connectivity index (χ0v) is 12.9. The Balaban J connectivity index is 2.00. The first kappa shape index (κ1) is 13.5. The van der Waals surface area contributed by atoms with Gasteiger partial charge in [-0.1, -0.05) is 36.4 Å². The van der Waals surface area contributed by atoms with E-state index in [1.807, 2.05) is 6.07 Å². The zero-order chi connectivity index (χ0) is 15.3. The molecule has 2 aromatic carbocycles. The van der Waals surface area contributed by atoms with Crippen LogP contribution >= 0.6 is 0 Å². The first-order chi connectivity index (χ1) is 10.7. The van der Waals surface area contributed by atoms with Crippen molar-refractivity contribution >= 4 is 10.9 Å². The van der Waals surface area contributed by atoms with Gasteiger partial charge in [0.1, 0.15) is 5.82 Å². The lowest BCUT2D eigenvalue weighted by Crippen LogP contribution is -2.15. The molecule has 0 aliphatic carbocycles. The molecule has 0 saturated carbocycles. The highest BCUT2D eigenvalue weighted by Crippen LogP contribution is 2.41. The van der Waals surface area contributed by atoms with Gasteiger partial charge in [0.05, 0.1) is 11.2 Å². The maximum atomic E-state index is 14.4. The highest BCUT2D eigenvalue weighted by molar-refractivity contribution is 5.94. The molecule has 0 N–H and O–H groups in total. The molecule has 0 spiro atoms. The van der Waals surface area contributed by atoms with Crippen molar-refractivity contribution in [3.8, 4) is 11.3 Å². The fraction of sp³-hybridized carbons (Fsp3) is 0.263. The molecule has 1 aliphatic heterocycles. The lowest BCUT2D eigenvalue weighted by Gasteiger charge is -2.10. The molecule has 3 aromatic rings. The van der Waals surface area contributed by atoms with Gasteiger partial charge in [-0.3, -0.25) is 0 Å². The minimum atomic E-state index is -0.123. The van der Waals surface area contributed by atoms with E-state index in [-0.39, 0.29) is 5.82 Å². The molecule has 1 aliphatic rings. The van der Waals surface area contributed by atoms with E-state index in [0.29, 0.717) is 0 Å². The van der Waals surface area contributed by atoms with Crippen LogP contribution in [0.1, 0.15) is 11.1 Å². The summed E-state index contributed by atoms with van der Waals surface area (Å²) in [4.78, 5) is 2.18. The first-order valence-corrected chi connectivity index (χ1v) is 7.69. The molecule has 22 heavy (non-hydrogen) atoms. The summed E-state index contributed by atoms with van der Waals surface area (Å²) < 4.78 is 16.6. The molecule has 0 amide bonds. The molecule has 112 valence electrons. The van der Waals surface area contributed by atoms with Gasteiger partial charge >= 0.3 is 0 Å². The van der Waals surface area contributed by atoms with Gasteiger partial charge in [0.15, 0.2) is 0 Å². The summed E-state index contributed by atoms with van der Waals surface area (Å²) in [5, 5.41) is 1.06. The van der Waals surface area contributed by atoms with Gasteiger partial charge in [-0.05, 0) is 37.7 Å². The summed E-state index contributed by atoms with van der Waals surface area (Å²) >= 11 is 0. The molecule has 2 nitrogen and oxygen atoms in total. The summed E-state index contributed by atoms with van der Waals surface area (Å²) in [7, 11) is 4.15. The van der Waals surface area contributed by atoms with E-state index in [1.165, 1.54) is 22.4 Å². The Morgan fingerprint density at radius 3 is 2.73 bits per heavy atom. The highest BCUT2D eigenvalue weighted by Gasteiger charge is 2.26. The van der Waals surface area contributed by atoms with E-state index in [1.54, 1.807) is 6.07 Å². The molecular formula is C19H19FN2. The average Bonchev–Trinajstić information content (AvgIpc) is 3.00. The number of halogens is 1. The van der Waals surface area contributed by atoms with Crippen LogP contribution in [-0.4, -0.2) is 30.1 Å². The summed E-state index contributed by atoms with van der Waals surface area (Å²) in [5.74, 6) is -0.123. The molecule has 0 unspecified atom stereocenters. The lowest BCUT2D eigenvalue weighted by atomic mass is 10.00. The lowest BCUT2D eigenvalue weighted by molar-refractivity contribution is 0.414. The topological polar surface area (TPSA) is 8.17 Å². The molecular weight excluding hydrogens is 275 g/mol. The van der Waals surface area contributed by atoms with E-state index in [4.69, 9.17) is 0 Å². The molecule has 0 fully saturated rings. The van der Waals surface area contributed by atoms with Crippen LogP contribution in [0.15, 0.2) is 42.5 Å². The summed E-state index contributed by atoms with van der Waals surface area (Å²) in [6, 6.07) is 13.9. The third-order valence-corrected chi connectivity index (χ3v) is 4.55. The van der Waals surface area contributed by atoms with E-state index >= 15 is 0 Å². The van der Waals surface area contributed by atoms with Crippen molar-refractivity contribution in [2.75, 3.05) is 20.6 Å². The van der Waals surface area contributed by atoms with Crippen LogP contribution in [0.2, 0.25) is 0 Å². The van der Waals surface area contributed by atoms with Gasteiger partial charge < -0.3 is 9.47 Å². The molecule has 0 atom stereocenters. The van der Waals surface area contributed by atoms with Crippen molar-refractivity contribution in [3.05, 3.63) is 59.4 Å². The number of rotatable bonds is 3. The quantitative estimate of drug-likeness (QED) is 0.556. The Hall–Kier alpha value is -2.13. The van der Waals surface area contributed by atoms with Crippen molar-refractivity contribution in [1.29, 1.82) is 0 Å². The average molecular weight is 294 g/mol. The SMILES string of the molecule is CN(C)CCc1c2n(c3c(F)cccc13)Cc1ccccc1-2. The van der Waals surface area contributed by atoms with Gasteiger partial charge in [-0.15, -0.1) is 0 Å². The van der Waals surface area contributed by atoms with Crippen LogP contribution in [0.4, 0.5) is 4.39 Å². The third-order valence-electron chi connectivity index (χ3n) is 4.55. The zero-order valence-electron chi connectivity index (χ0n) is 12.9. The van der Waals surface area contributed by atoms with Crippen LogP contribution in [0.3, 0.4) is 0 Å². The molecule has 2 heterocycles. The van der Waals surface area contributed by atoms with E-state index in [9.17, 15) is 4.39 Å². The summed E-state index contributed by atoms with van der Waals surface area (Å²) in [6.07, 6.45) is 0.934. The Labute approximate surface area is 129 Å². The maximum absolute atomic E-state index is 14.4. The van der Waals surface area contributed by atoms with Crippen molar-refractivity contribution in [3.63, 3.8) is 0 Å². The Morgan fingerprint density at radius 2 is 1.91 bits per heavy atom. The Morgan fingerprint density at radius 1 is 1.09 bits per heavy atom. The normalized spacial score (nSPS) is 12.9. The number of hydrogen-bond acceptors (Lipinski definition) is 1. The van der Waals surface area contributed by atoms with E-state index < -0.39 is 0 Å².